The van der Waals surface area contributed by atoms with Gasteiger partial charge >= 0.3 is 5.69 Å². The number of nitrogens with two attached hydrogens (primary N) is 1. The van der Waals surface area contributed by atoms with Crippen LogP contribution in [0.25, 0.3) is 0 Å². The van der Waals surface area contributed by atoms with Gasteiger partial charge in [0.1, 0.15) is 5.82 Å². The predicted octanol–water partition coefficient (Wildman–Crippen LogP) is -0.155. The summed E-state index contributed by atoms with van der Waals surface area (Å²) in [5, 5.41) is 0. The van der Waals surface area contributed by atoms with E-state index in [-0.39, 0.29) is 5.69 Å². The molecule has 0 saturated carbocycles. The third kappa shape index (κ3) is 1.00. The molecule has 1 aromatic rings. The molecule has 0 aliphatic rings. The zero-order valence-corrected chi connectivity index (χ0v) is 5.74. The van der Waals surface area contributed by atoms with Crippen molar-refractivity contribution >= 4 is 5.82 Å². The largest absolute Gasteiger partial charge is 0.385 e. The van der Waals surface area contributed by atoms with E-state index in [9.17, 15) is 4.79 Å². The maximum absolute atomic E-state index is 10.8. The first-order chi connectivity index (χ1) is 4.75. The maximum atomic E-state index is 10.8. The number of anilines is 1. The lowest BCUT2D eigenvalue weighted by Gasteiger charge is -2.02. The molecule has 4 nitrogen and oxygen atoms in total. The molecule has 0 fully saturated rings. The molecule has 0 atom stereocenters. The van der Waals surface area contributed by atoms with Gasteiger partial charge in [0, 0.05) is 12.7 Å². The van der Waals surface area contributed by atoms with E-state index in [2.05, 4.69) is 4.98 Å². The average molecular weight is 139 g/mol. The van der Waals surface area contributed by atoms with Gasteiger partial charge in [-0.2, -0.15) is 0 Å². The van der Waals surface area contributed by atoms with Crippen molar-refractivity contribution in [2.45, 2.75) is 13.5 Å². The highest BCUT2D eigenvalue weighted by molar-refractivity contribution is 5.25. The highest BCUT2D eigenvalue weighted by atomic mass is 16.1. The van der Waals surface area contributed by atoms with Crippen molar-refractivity contribution < 1.29 is 0 Å². The van der Waals surface area contributed by atoms with Gasteiger partial charge in [-0.3, -0.25) is 4.57 Å². The van der Waals surface area contributed by atoms with Crippen molar-refractivity contribution in [1.29, 1.82) is 0 Å². The van der Waals surface area contributed by atoms with Crippen LogP contribution in [0.3, 0.4) is 0 Å². The molecule has 2 N–H and O–H groups in total. The molecule has 0 radical (unpaired) electrons. The third-order valence-corrected chi connectivity index (χ3v) is 1.29. The molecule has 54 valence electrons. The van der Waals surface area contributed by atoms with Crippen molar-refractivity contribution in [2.24, 2.45) is 0 Å². The number of nitrogen functional groups attached to an aromatic ring is 1. The molecule has 0 spiro atoms. The van der Waals surface area contributed by atoms with Crippen LogP contribution in [-0.4, -0.2) is 9.55 Å². The molecule has 0 amide bonds. The highest BCUT2D eigenvalue weighted by Crippen LogP contribution is 1.93. The fourth-order valence-corrected chi connectivity index (χ4v) is 0.765. The molecule has 0 aliphatic carbocycles. The minimum Gasteiger partial charge on any atom is -0.385 e. The van der Waals surface area contributed by atoms with Crippen molar-refractivity contribution in [1.82, 2.24) is 9.55 Å². The van der Waals surface area contributed by atoms with Crippen LogP contribution in [0.4, 0.5) is 5.82 Å². The first-order valence-electron chi connectivity index (χ1n) is 3.07. The first-order valence-corrected chi connectivity index (χ1v) is 3.07. The Bertz CT molecular complexity index is 279. The van der Waals surface area contributed by atoms with Gasteiger partial charge in [-0.15, -0.1) is 0 Å². The summed E-state index contributed by atoms with van der Waals surface area (Å²) >= 11 is 0. The molecule has 0 bridgehead atoms. The summed E-state index contributed by atoms with van der Waals surface area (Å²) in [6, 6.07) is 1.60. The predicted molar refractivity (Wildman–Crippen MR) is 38.6 cm³/mol. The van der Waals surface area contributed by atoms with Crippen molar-refractivity contribution in [3.8, 4) is 0 Å². The zero-order chi connectivity index (χ0) is 7.56. The molecule has 1 aromatic heterocycles. The summed E-state index contributed by atoms with van der Waals surface area (Å²) in [7, 11) is 0. The van der Waals surface area contributed by atoms with E-state index in [1.54, 1.807) is 6.07 Å². The average Bonchev–Trinajstić information content (AvgIpc) is 1.88. The lowest BCUT2D eigenvalue weighted by atomic mass is 10.5. The number of nitrogens with zero attached hydrogens (tertiary/aromatic N) is 2. The van der Waals surface area contributed by atoms with Crippen molar-refractivity contribution in [3.63, 3.8) is 0 Å². The van der Waals surface area contributed by atoms with Gasteiger partial charge in [0.25, 0.3) is 0 Å². The monoisotopic (exact) mass is 139 g/mol. The second-order valence-corrected chi connectivity index (χ2v) is 1.90. The summed E-state index contributed by atoms with van der Waals surface area (Å²) in [6.07, 6.45) is 1.41. The molecule has 10 heavy (non-hydrogen) atoms. The van der Waals surface area contributed by atoms with Gasteiger partial charge in [0.15, 0.2) is 0 Å². The molecule has 1 heterocycles. The Labute approximate surface area is 58.3 Å². The molecule has 0 aliphatic heterocycles. The SMILES string of the molecule is CCn1c(N)ccnc1=O. The Kier molecular flexibility index (Phi) is 1.71. The van der Waals surface area contributed by atoms with Crippen LogP contribution in [0.2, 0.25) is 0 Å². The summed E-state index contributed by atoms with van der Waals surface area (Å²) in [5.74, 6) is 0.461. The molecule has 1 rings (SSSR count). The van der Waals surface area contributed by atoms with Crippen LogP contribution < -0.4 is 11.4 Å². The Morgan fingerprint density at radius 2 is 2.50 bits per heavy atom. The highest BCUT2D eigenvalue weighted by Gasteiger charge is 1.95. The number of rotatable bonds is 1. The van der Waals surface area contributed by atoms with E-state index in [0.29, 0.717) is 12.4 Å². The van der Waals surface area contributed by atoms with Crippen LogP contribution in [0.1, 0.15) is 6.92 Å². The summed E-state index contributed by atoms with van der Waals surface area (Å²) < 4.78 is 1.40. The van der Waals surface area contributed by atoms with Gasteiger partial charge in [-0.1, -0.05) is 0 Å². The Hall–Kier alpha value is -1.32. The fraction of sp³-hybridized carbons (Fsp3) is 0.333. The van der Waals surface area contributed by atoms with Crippen LogP contribution in [-0.2, 0) is 6.54 Å². The zero-order valence-electron chi connectivity index (χ0n) is 5.74. The van der Waals surface area contributed by atoms with Crippen LogP contribution in [0.15, 0.2) is 17.1 Å². The van der Waals surface area contributed by atoms with E-state index in [1.807, 2.05) is 6.92 Å². The van der Waals surface area contributed by atoms with Gasteiger partial charge in [0.2, 0.25) is 0 Å². The van der Waals surface area contributed by atoms with E-state index in [1.165, 1.54) is 10.8 Å². The minimum atomic E-state index is -0.289. The van der Waals surface area contributed by atoms with E-state index >= 15 is 0 Å². The fourth-order valence-electron chi connectivity index (χ4n) is 0.765. The van der Waals surface area contributed by atoms with Gasteiger partial charge in [-0.05, 0) is 13.0 Å². The van der Waals surface area contributed by atoms with Crippen molar-refractivity contribution in [2.75, 3.05) is 5.73 Å². The quantitative estimate of drug-likeness (QED) is 0.588. The Morgan fingerprint density at radius 3 is 2.90 bits per heavy atom. The van der Waals surface area contributed by atoms with Gasteiger partial charge in [-0.25, -0.2) is 9.78 Å². The molecular formula is C6H9N3O. The standard InChI is InChI=1S/C6H9N3O/c1-2-9-5(7)3-4-8-6(9)10/h3-4H,2,7H2,1H3. The molecular weight excluding hydrogens is 130 g/mol. The molecule has 0 unspecified atom stereocenters. The lowest BCUT2D eigenvalue weighted by molar-refractivity contribution is 0.710. The van der Waals surface area contributed by atoms with Crippen LogP contribution >= 0.6 is 0 Å². The third-order valence-electron chi connectivity index (χ3n) is 1.29. The van der Waals surface area contributed by atoms with E-state index in [4.69, 9.17) is 5.73 Å². The second kappa shape index (κ2) is 2.51. The normalized spacial score (nSPS) is 9.70. The second-order valence-electron chi connectivity index (χ2n) is 1.90. The van der Waals surface area contributed by atoms with Crippen LogP contribution in [0.5, 0.6) is 0 Å². The maximum Gasteiger partial charge on any atom is 0.349 e. The summed E-state index contributed by atoms with van der Waals surface area (Å²) in [5.41, 5.74) is 5.17. The van der Waals surface area contributed by atoms with E-state index < -0.39 is 0 Å². The Balaban J connectivity index is 3.31. The number of hydrogen-bond acceptors (Lipinski definition) is 3. The smallest absolute Gasteiger partial charge is 0.349 e. The Morgan fingerprint density at radius 1 is 1.80 bits per heavy atom. The first kappa shape index (κ1) is 6.80. The number of hydrogen-bond donors (Lipinski definition) is 1. The number of aromatic nitrogens is 2. The van der Waals surface area contributed by atoms with Gasteiger partial charge < -0.3 is 5.73 Å². The lowest BCUT2D eigenvalue weighted by Crippen LogP contribution is -2.23. The molecule has 0 saturated heterocycles. The van der Waals surface area contributed by atoms with Crippen LogP contribution in [0, 0.1) is 0 Å². The van der Waals surface area contributed by atoms with E-state index in [0.717, 1.165) is 0 Å². The summed E-state index contributed by atoms with van der Waals surface area (Å²) in [6.45, 7) is 2.41. The molecule has 0 aromatic carbocycles. The van der Waals surface area contributed by atoms with Crippen molar-refractivity contribution in [3.05, 3.63) is 22.7 Å². The summed E-state index contributed by atoms with van der Waals surface area (Å²) in [4.78, 5) is 14.4. The topological polar surface area (TPSA) is 60.9 Å². The molecule has 4 heteroatoms. The van der Waals surface area contributed by atoms with Gasteiger partial charge in [0.05, 0.1) is 0 Å². The minimum absolute atomic E-state index is 0.289.